The van der Waals surface area contributed by atoms with Crippen LogP contribution in [0.5, 0.6) is 11.5 Å². The van der Waals surface area contributed by atoms with Crippen molar-refractivity contribution in [3.63, 3.8) is 0 Å². The smallest absolute Gasteiger partial charge is 0.307 e. The van der Waals surface area contributed by atoms with Crippen molar-refractivity contribution in [1.82, 2.24) is 0 Å². The molecule has 0 bridgehead atoms. The van der Waals surface area contributed by atoms with E-state index in [1.165, 1.54) is 6.92 Å². The summed E-state index contributed by atoms with van der Waals surface area (Å²) in [6.07, 6.45) is 1.56. The van der Waals surface area contributed by atoms with Crippen molar-refractivity contribution >= 4 is 21.9 Å². The van der Waals surface area contributed by atoms with Crippen molar-refractivity contribution in [2.24, 2.45) is 5.41 Å². The molecule has 1 aliphatic rings. The van der Waals surface area contributed by atoms with Crippen LogP contribution in [0.2, 0.25) is 0 Å². The summed E-state index contributed by atoms with van der Waals surface area (Å²) in [5, 5.41) is 0. The van der Waals surface area contributed by atoms with E-state index in [0.29, 0.717) is 0 Å². The lowest BCUT2D eigenvalue weighted by Crippen LogP contribution is -1.96. The molecule has 0 aromatic heterocycles. The predicted octanol–water partition coefficient (Wildman–Crippen LogP) is 4.04. The quantitative estimate of drug-likeness (QED) is 0.604. The van der Waals surface area contributed by atoms with Crippen molar-refractivity contribution in [3.05, 3.63) is 34.0 Å². The zero-order valence-corrected chi connectivity index (χ0v) is 14.4. The largest absolute Gasteiger partial charge is 0.496 e. The molecule has 0 spiro atoms. The first-order valence-electron chi connectivity index (χ1n) is 6.62. The number of rotatable bonds is 4. The van der Waals surface area contributed by atoms with Crippen LogP contribution in [0.15, 0.2) is 28.4 Å². The Morgan fingerprint density at radius 2 is 1.86 bits per heavy atom. The van der Waals surface area contributed by atoms with Crippen molar-refractivity contribution < 1.29 is 19.0 Å². The van der Waals surface area contributed by atoms with Crippen LogP contribution >= 0.6 is 15.9 Å². The van der Waals surface area contributed by atoms with Gasteiger partial charge in [-0.25, -0.2) is 0 Å². The van der Waals surface area contributed by atoms with Crippen LogP contribution in [0, 0.1) is 5.41 Å². The molecular formula is C16H19BrO4. The van der Waals surface area contributed by atoms with Gasteiger partial charge in [-0.3, -0.25) is 4.79 Å². The summed E-state index contributed by atoms with van der Waals surface area (Å²) >= 11 is 3.50. The van der Waals surface area contributed by atoms with E-state index >= 15 is 0 Å². The molecule has 1 saturated carbocycles. The summed E-state index contributed by atoms with van der Waals surface area (Å²) in [5.41, 5.74) is 2.07. The zero-order chi connectivity index (χ0) is 15.8. The molecule has 1 fully saturated rings. The van der Waals surface area contributed by atoms with Crippen LogP contribution < -0.4 is 9.47 Å². The van der Waals surface area contributed by atoms with E-state index in [1.54, 1.807) is 20.5 Å². The summed E-state index contributed by atoms with van der Waals surface area (Å²) in [7, 11) is 3.25. The van der Waals surface area contributed by atoms with Crippen LogP contribution in [0.4, 0.5) is 0 Å². The number of allylic oxidation sites excluding steroid dienone is 1. The molecule has 0 heterocycles. The van der Waals surface area contributed by atoms with Crippen LogP contribution in [0.3, 0.4) is 0 Å². The van der Waals surface area contributed by atoms with Gasteiger partial charge in [0.1, 0.15) is 11.5 Å². The molecule has 0 saturated heterocycles. The highest BCUT2D eigenvalue weighted by Crippen LogP contribution is 2.66. The van der Waals surface area contributed by atoms with Crippen LogP contribution in [-0.4, -0.2) is 20.2 Å². The molecule has 0 aliphatic heterocycles. The van der Waals surface area contributed by atoms with Gasteiger partial charge in [-0.15, -0.1) is 0 Å². The number of carbonyl (C=O) groups excluding carboxylic acids is 1. The third-order valence-electron chi connectivity index (χ3n) is 3.86. The molecule has 114 valence electrons. The Hall–Kier alpha value is -1.49. The monoisotopic (exact) mass is 354 g/mol. The van der Waals surface area contributed by atoms with Gasteiger partial charge in [0.15, 0.2) is 0 Å². The van der Waals surface area contributed by atoms with Gasteiger partial charge in [0.25, 0.3) is 0 Å². The molecule has 1 unspecified atom stereocenters. The lowest BCUT2D eigenvalue weighted by atomic mass is 10.0. The Kier molecular flexibility index (Phi) is 4.33. The third kappa shape index (κ3) is 2.93. The Morgan fingerprint density at radius 3 is 2.38 bits per heavy atom. The van der Waals surface area contributed by atoms with Gasteiger partial charge >= 0.3 is 5.97 Å². The number of hydrogen-bond acceptors (Lipinski definition) is 4. The maximum Gasteiger partial charge on any atom is 0.307 e. The second-order valence-electron chi connectivity index (χ2n) is 5.57. The molecule has 0 amide bonds. The first kappa shape index (κ1) is 15.9. The summed E-state index contributed by atoms with van der Waals surface area (Å²) in [6, 6.07) is 3.86. The fourth-order valence-electron chi connectivity index (χ4n) is 2.61. The predicted molar refractivity (Wildman–Crippen MR) is 83.6 cm³/mol. The van der Waals surface area contributed by atoms with Gasteiger partial charge in [-0.2, -0.15) is 0 Å². The number of benzene rings is 1. The average Bonchev–Trinajstić information content (AvgIpc) is 2.97. The molecule has 21 heavy (non-hydrogen) atoms. The Balaban J connectivity index is 2.41. The second-order valence-corrected chi connectivity index (χ2v) is 6.42. The minimum absolute atomic E-state index is 0.0588. The van der Waals surface area contributed by atoms with E-state index < -0.39 is 0 Å². The molecule has 0 N–H and O–H groups in total. The van der Waals surface area contributed by atoms with E-state index in [2.05, 4.69) is 29.8 Å². The van der Waals surface area contributed by atoms with Gasteiger partial charge < -0.3 is 14.2 Å². The van der Waals surface area contributed by atoms with Crippen LogP contribution in [0.1, 0.15) is 32.3 Å². The molecular weight excluding hydrogens is 336 g/mol. The van der Waals surface area contributed by atoms with E-state index in [9.17, 15) is 4.79 Å². The number of ether oxygens (including phenoxy) is 3. The lowest BCUT2D eigenvalue weighted by Gasteiger charge is -2.12. The Bertz CT molecular complexity index is 605. The molecule has 1 atom stereocenters. The highest BCUT2D eigenvalue weighted by molar-refractivity contribution is 9.10. The SMILES string of the molecule is COc1cc(OC)c(C2/C(=C\OC(C)=O)C2(C)C)cc1Br. The summed E-state index contributed by atoms with van der Waals surface area (Å²) < 4.78 is 16.7. The maximum absolute atomic E-state index is 11.0. The van der Waals surface area contributed by atoms with Crippen molar-refractivity contribution in [3.8, 4) is 11.5 Å². The highest BCUT2D eigenvalue weighted by atomic mass is 79.9. The maximum atomic E-state index is 11.0. The first-order valence-corrected chi connectivity index (χ1v) is 7.41. The van der Waals surface area contributed by atoms with E-state index in [-0.39, 0.29) is 17.3 Å². The molecule has 5 heteroatoms. The molecule has 2 rings (SSSR count). The Labute approximate surface area is 133 Å². The van der Waals surface area contributed by atoms with Crippen LogP contribution in [-0.2, 0) is 9.53 Å². The fraction of sp³-hybridized carbons (Fsp3) is 0.438. The van der Waals surface area contributed by atoms with E-state index in [0.717, 1.165) is 27.1 Å². The number of halogens is 1. The number of esters is 1. The molecule has 1 aromatic rings. The second kappa shape index (κ2) is 5.72. The Morgan fingerprint density at radius 1 is 1.24 bits per heavy atom. The van der Waals surface area contributed by atoms with Crippen molar-refractivity contribution in [2.75, 3.05) is 14.2 Å². The average molecular weight is 355 g/mol. The molecule has 0 radical (unpaired) electrons. The van der Waals surface area contributed by atoms with Gasteiger partial charge in [0, 0.05) is 29.9 Å². The first-order chi connectivity index (χ1) is 9.82. The van der Waals surface area contributed by atoms with Gasteiger partial charge in [-0.05, 0) is 27.6 Å². The summed E-state index contributed by atoms with van der Waals surface area (Å²) in [4.78, 5) is 11.0. The molecule has 1 aromatic carbocycles. The highest BCUT2D eigenvalue weighted by Gasteiger charge is 2.55. The zero-order valence-electron chi connectivity index (χ0n) is 12.8. The lowest BCUT2D eigenvalue weighted by molar-refractivity contribution is -0.135. The summed E-state index contributed by atoms with van der Waals surface area (Å²) in [5.74, 6) is 1.33. The van der Waals surface area contributed by atoms with E-state index in [1.807, 2.05) is 12.1 Å². The minimum atomic E-state index is -0.313. The van der Waals surface area contributed by atoms with Gasteiger partial charge in [0.05, 0.1) is 25.0 Å². The number of methoxy groups -OCH3 is 2. The van der Waals surface area contributed by atoms with Gasteiger partial charge in [0.2, 0.25) is 0 Å². The topological polar surface area (TPSA) is 44.8 Å². The fourth-order valence-corrected chi connectivity index (χ4v) is 3.13. The van der Waals surface area contributed by atoms with Crippen LogP contribution in [0.25, 0.3) is 0 Å². The number of hydrogen-bond donors (Lipinski definition) is 0. The molecule has 4 nitrogen and oxygen atoms in total. The standard InChI is InChI=1S/C16H19BrO4/c1-9(18)21-8-11-15(16(11,2)3)10-6-12(17)14(20-5)7-13(10)19-4/h6-8,15H,1-5H3/b11-8+. The minimum Gasteiger partial charge on any atom is -0.496 e. The van der Waals surface area contributed by atoms with E-state index in [4.69, 9.17) is 14.2 Å². The molecule has 1 aliphatic carbocycles. The van der Waals surface area contributed by atoms with Gasteiger partial charge in [-0.1, -0.05) is 13.8 Å². The third-order valence-corrected chi connectivity index (χ3v) is 4.48. The normalized spacial score (nSPS) is 21.0. The summed E-state index contributed by atoms with van der Waals surface area (Å²) in [6.45, 7) is 5.63. The van der Waals surface area contributed by atoms with Crippen molar-refractivity contribution in [1.29, 1.82) is 0 Å². The number of carbonyl (C=O) groups is 1. The van der Waals surface area contributed by atoms with Crippen molar-refractivity contribution in [2.45, 2.75) is 26.7 Å².